The molecule has 5 nitrogen and oxygen atoms in total. The molecule has 2 rings (SSSR count). The molecule has 2 N–H and O–H groups in total. The molecule has 0 aliphatic carbocycles. The van der Waals surface area contributed by atoms with Crippen molar-refractivity contribution in [2.45, 2.75) is 45.0 Å². The molecule has 0 radical (unpaired) electrons. The first-order valence-electron chi connectivity index (χ1n) is 9.36. The van der Waals surface area contributed by atoms with Crippen molar-refractivity contribution in [1.82, 2.24) is 10.6 Å². The van der Waals surface area contributed by atoms with Crippen LogP contribution < -0.4 is 10.6 Å². The van der Waals surface area contributed by atoms with Gasteiger partial charge in [0.1, 0.15) is 0 Å². The minimum Gasteiger partial charge on any atom is -0.379 e. The lowest BCUT2D eigenvalue weighted by molar-refractivity contribution is -0.137. The summed E-state index contributed by atoms with van der Waals surface area (Å²) in [4.78, 5) is 4.41. The number of guanidine groups is 1. The Kier molecular flexibility index (Phi) is 11.8. The third-order valence-electron chi connectivity index (χ3n) is 4.13. The summed E-state index contributed by atoms with van der Waals surface area (Å²) >= 11 is 0. The summed E-state index contributed by atoms with van der Waals surface area (Å²) in [6.07, 6.45) is -1.07. The maximum Gasteiger partial charge on any atom is 0.416 e. The number of halogens is 4. The van der Waals surface area contributed by atoms with Gasteiger partial charge in [-0.25, -0.2) is 4.99 Å². The lowest BCUT2D eigenvalue weighted by Crippen LogP contribution is -2.38. The summed E-state index contributed by atoms with van der Waals surface area (Å²) in [7, 11) is 0. The molecule has 1 aliphatic heterocycles. The van der Waals surface area contributed by atoms with Crippen LogP contribution in [0, 0.1) is 0 Å². The normalized spacial score (nSPS) is 17.3. The lowest BCUT2D eigenvalue weighted by atomic mass is 10.1. The van der Waals surface area contributed by atoms with Crippen molar-refractivity contribution in [2.75, 3.05) is 32.9 Å². The first-order valence-corrected chi connectivity index (χ1v) is 9.36. The molecule has 1 aliphatic rings. The summed E-state index contributed by atoms with van der Waals surface area (Å²) in [6, 6.07) is 5.07. The van der Waals surface area contributed by atoms with Gasteiger partial charge in [-0.1, -0.05) is 12.1 Å². The van der Waals surface area contributed by atoms with Gasteiger partial charge in [-0.3, -0.25) is 0 Å². The van der Waals surface area contributed by atoms with Gasteiger partial charge >= 0.3 is 6.18 Å². The third-order valence-corrected chi connectivity index (χ3v) is 4.13. The van der Waals surface area contributed by atoms with Gasteiger partial charge in [-0.2, -0.15) is 13.2 Å². The van der Waals surface area contributed by atoms with Gasteiger partial charge in [-0.05, 0) is 43.9 Å². The van der Waals surface area contributed by atoms with Crippen molar-refractivity contribution in [1.29, 1.82) is 0 Å². The summed E-state index contributed by atoms with van der Waals surface area (Å²) in [5.74, 6) is 0.636. The number of nitrogens with zero attached hydrogens (tertiary/aromatic N) is 1. The molecule has 1 saturated heterocycles. The van der Waals surface area contributed by atoms with Crippen LogP contribution in [0.4, 0.5) is 13.2 Å². The van der Waals surface area contributed by atoms with Gasteiger partial charge in [0, 0.05) is 26.3 Å². The van der Waals surface area contributed by atoms with E-state index in [1.54, 1.807) is 0 Å². The van der Waals surface area contributed by atoms with E-state index in [1.165, 1.54) is 12.1 Å². The van der Waals surface area contributed by atoms with Crippen LogP contribution >= 0.6 is 24.0 Å². The average Bonchev–Trinajstić information content (AvgIpc) is 3.15. The molecule has 0 bridgehead atoms. The molecule has 0 saturated carbocycles. The number of hydrogen-bond donors (Lipinski definition) is 2. The Balaban J connectivity index is 0.00000392. The van der Waals surface area contributed by atoms with Crippen LogP contribution in [0.15, 0.2) is 29.3 Å². The van der Waals surface area contributed by atoms with Crippen LogP contribution in [0.2, 0.25) is 0 Å². The van der Waals surface area contributed by atoms with Gasteiger partial charge < -0.3 is 20.1 Å². The minimum absolute atomic E-state index is 0. The number of rotatable bonds is 9. The van der Waals surface area contributed by atoms with Crippen molar-refractivity contribution < 1.29 is 22.6 Å². The van der Waals surface area contributed by atoms with E-state index < -0.39 is 11.7 Å². The summed E-state index contributed by atoms with van der Waals surface area (Å²) in [5.41, 5.74) is 0.0726. The van der Waals surface area contributed by atoms with Gasteiger partial charge in [0.15, 0.2) is 5.96 Å². The average molecular weight is 515 g/mol. The third kappa shape index (κ3) is 9.42. The molecule has 1 fully saturated rings. The zero-order valence-corrected chi connectivity index (χ0v) is 18.4. The Labute approximate surface area is 181 Å². The van der Waals surface area contributed by atoms with Crippen LogP contribution in [0.3, 0.4) is 0 Å². The van der Waals surface area contributed by atoms with Gasteiger partial charge in [-0.15, -0.1) is 24.0 Å². The highest BCUT2D eigenvalue weighted by atomic mass is 127. The largest absolute Gasteiger partial charge is 0.416 e. The number of hydrogen-bond acceptors (Lipinski definition) is 3. The summed E-state index contributed by atoms with van der Waals surface area (Å²) in [6.45, 7) is 5.78. The van der Waals surface area contributed by atoms with Gasteiger partial charge in [0.2, 0.25) is 0 Å². The molecule has 1 unspecified atom stereocenters. The van der Waals surface area contributed by atoms with Crippen LogP contribution in [-0.2, 0) is 22.2 Å². The van der Waals surface area contributed by atoms with E-state index in [1.807, 2.05) is 6.92 Å². The van der Waals surface area contributed by atoms with Crippen LogP contribution in [0.5, 0.6) is 0 Å². The van der Waals surface area contributed by atoms with E-state index in [0.29, 0.717) is 38.8 Å². The molecule has 1 aromatic carbocycles. The highest BCUT2D eigenvalue weighted by molar-refractivity contribution is 14.0. The number of ether oxygens (including phenoxy) is 2. The van der Waals surface area contributed by atoms with E-state index in [-0.39, 0.29) is 30.1 Å². The Morgan fingerprint density at radius 3 is 2.61 bits per heavy atom. The first-order chi connectivity index (χ1) is 13.0. The SMILES string of the molecule is CCNC(=NCc1ccc(C(F)(F)F)cc1)NCCCOCC1CCCO1.I. The molecule has 9 heteroatoms. The Morgan fingerprint density at radius 2 is 2.00 bits per heavy atom. The number of aliphatic imine (C=N–C) groups is 1. The Morgan fingerprint density at radius 1 is 1.25 bits per heavy atom. The molecule has 1 aromatic rings. The van der Waals surface area contributed by atoms with E-state index in [2.05, 4.69) is 15.6 Å². The second-order valence-corrected chi connectivity index (χ2v) is 6.38. The molecule has 1 heterocycles. The van der Waals surface area contributed by atoms with Crippen molar-refractivity contribution in [2.24, 2.45) is 4.99 Å². The monoisotopic (exact) mass is 515 g/mol. The van der Waals surface area contributed by atoms with E-state index in [9.17, 15) is 13.2 Å². The molecule has 0 spiro atoms. The maximum atomic E-state index is 12.6. The van der Waals surface area contributed by atoms with Crippen LogP contribution in [0.1, 0.15) is 37.3 Å². The topological polar surface area (TPSA) is 54.9 Å². The van der Waals surface area contributed by atoms with Gasteiger partial charge in [0.05, 0.1) is 24.8 Å². The molecule has 28 heavy (non-hydrogen) atoms. The number of benzene rings is 1. The standard InChI is InChI=1S/C19H28F3N3O2.HI/c1-2-23-18(24-10-4-11-26-14-17-5-3-12-27-17)25-13-15-6-8-16(9-7-15)19(20,21)22;/h6-9,17H,2-5,10-14H2,1H3,(H2,23,24,25);1H. The zero-order chi connectivity index (χ0) is 19.5. The van der Waals surface area contributed by atoms with Crippen LogP contribution in [0.25, 0.3) is 0 Å². The van der Waals surface area contributed by atoms with E-state index in [4.69, 9.17) is 9.47 Å². The Hall–Kier alpha value is -1.07. The van der Waals surface area contributed by atoms with Crippen molar-refractivity contribution in [3.05, 3.63) is 35.4 Å². The highest BCUT2D eigenvalue weighted by Crippen LogP contribution is 2.29. The Bertz CT molecular complexity index is 577. The molecule has 1 atom stereocenters. The molecule has 0 amide bonds. The fraction of sp³-hybridized carbons (Fsp3) is 0.632. The quantitative estimate of drug-likeness (QED) is 0.226. The summed E-state index contributed by atoms with van der Waals surface area (Å²) in [5, 5.41) is 6.32. The molecular weight excluding hydrogens is 486 g/mol. The number of nitrogens with one attached hydrogen (secondary N) is 2. The second kappa shape index (κ2) is 13.2. The second-order valence-electron chi connectivity index (χ2n) is 6.38. The maximum absolute atomic E-state index is 12.6. The van der Waals surface area contributed by atoms with Crippen molar-refractivity contribution >= 4 is 29.9 Å². The summed E-state index contributed by atoms with van der Waals surface area (Å²) < 4.78 is 48.9. The van der Waals surface area contributed by atoms with Crippen LogP contribution in [-0.4, -0.2) is 45.0 Å². The fourth-order valence-electron chi connectivity index (χ4n) is 2.68. The lowest BCUT2D eigenvalue weighted by Gasteiger charge is -2.13. The van der Waals surface area contributed by atoms with Crippen molar-refractivity contribution in [3.8, 4) is 0 Å². The zero-order valence-electron chi connectivity index (χ0n) is 16.1. The molecule has 160 valence electrons. The smallest absolute Gasteiger partial charge is 0.379 e. The van der Waals surface area contributed by atoms with Crippen molar-refractivity contribution in [3.63, 3.8) is 0 Å². The highest BCUT2D eigenvalue weighted by Gasteiger charge is 2.29. The first kappa shape index (κ1) is 25.0. The fourth-order valence-corrected chi connectivity index (χ4v) is 2.68. The van der Waals surface area contributed by atoms with E-state index in [0.717, 1.165) is 43.6 Å². The predicted octanol–water partition coefficient (Wildman–Crippen LogP) is 3.96. The van der Waals surface area contributed by atoms with Gasteiger partial charge in [0.25, 0.3) is 0 Å². The van der Waals surface area contributed by atoms with E-state index >= 15 is 0 Å². The number of alkyl halides is 3. The molecular formula is C19H29F3IN3O2. The predicted molar refractivity (Wildman–Crippen MR) is 114 cm³/mol. The molecule has 0 aromatic heterocycles. The minimum atomic E-state index is -4.32.